The monoisotopic (exact) mass is 265 g/mol. The van der Waals surface area contributed by atoms with Crippen molar-refractivity contribution in [2.24, 2.45) is 5.10 Å². The first-order valence-corrected chi connectivity index (χ1v) is 6.04. The molecular formula is C15H11N3O2. The summed E-state index contributed by atoms with van der Waals surface area (Å²) in [4.78, 5) is 16.1. The summed E-state index contributed by atoms with van der Waals surface area (Å²) >= 11 is 0. The van der Waals surface area contributed by atoms with Gasteiger partial charge in [0.2, 0.25) is 0 Å². The van der Waals surface area contributed by atoms with E-state index in [1.165, 1.54) is 6.21 Å². The average Bonchev–Trinajstić information content (AvgIpc) is 3.00. The zero-order valence-electron chi connectivity index (χ0n) is 10.5. The summed E-state index contributed by atoms with van der Waals surface area (Å²) in [5, 5.41) is 4.75. The first-order valence-electron chi connectivity index (χ1n) is 6.04. The van der Waals surface area contributed by atoms with Gasteiger partial charge in [-0.15, -0.1) is 0 Å². The Bertz CT molecular complexity index is 764. The molecule has 1 amide bonds. The van der Waals surface area contributed by atoms with Crippen LogP contribution >= 0.6 is 0 Å². The van der Waals surface area contributed by atoms with Crippen LogP contribution in [0, 0.1) is 0 Å². The summed E-state index contributed by atoms with van der Waals surface area (Å²) in [6.45, 7) is 0. The maximum Gasteiger partial charge on any atom is 0.271 e. The minimum Gasteiger partial charge on any atom is -0.463 e. The number of fused-ring (bicyclic) bond motifs is 1. The van der Waals surface area contributed by atoms with Gasteiger partial charge in [0.05, 0.1) is 18.0 Å². The lowest BCUT2D eigenvalue weighted by Gasteiger charge is -2.01. The molecule has 0 atom stereocenters. The van der Waals surface area contributed by atoms with E-state index in [1.807, 2.05) is 12.1 Å². The summed E-state index contributed by atoms with van der Waals surface area (Å²) in [7, 11) is 0. The molecule has 0 spiro atoms. The Kier molecular flexibility index (Phi) is 3.24. The van der Waals surface area contributed by atoms with Crippen LogP contribution < -0.4 is 5.43 Å². The fraction of sp³-hybridized carbons (Fsp3) is 0. The second kappa shape index (κ2) is 5.36. The molecule has 0 radical (unpaired) electrons. The molecule has 3 aromatic rings. The predicted molar refractivity (Wildman–Crippen MR) is 75.5 cm³/mol. The van der Waals surface area contributed by atoms with Crippen LogP contribution in [0.15, 0.2) is 64.4 Å². The Morgan fingerprint density at radius 1 is 1.25 bits per heavy atom. The molecule has 2 heterocycles. The van der Waals surface area contributed by atoms with Gasteiger partial charge >= 0.3 is 0 Å². The molecule has 5 heteroatoms. The van der Waals surface area contributed by atoms with Gasteiger partial charge in [-0.05, 0) is 36.4 Å². The van der Waals surface area contributed by atoms with Crippen LogP contribution in [0.4, 0.5) is 0 Å². The first-order chi connectivity index (χ1) is 9.83. The van der Waals surface area contributed by atoms with Crippen LogP contribution in [0.3, 0.4) is 0 Å². The smallest absolute Gasteiger partial charge is 0.271 e. The zero-order chi connectivity index (χ0) is 13.8. The quantitative estimate of drug-likeness (QED) is 0.584. The van der Waals surface area contributed by atoms with E-state index in [9.17, 15) is 4.79 Å². The summed E-state index contributed by atoms with van der Waals surface area (Å²) in [6, 6.07) is 12.5. The molecule has 0 aliphatic heterocycles. The fourth-order valence-corrected chi connectivity index (χ4v) is 1.80. The number of hydrogen-bond acceptors (Lipinski definition) is 4. The molecular weight excluding hydrogens is 254 g/mol. The highest BCUT2D eigenvalue weighted by atomic mass is 16.3. The van der Waals surface area contributed by atoms with E-state index >= 15 is 0 Å². The number of rotatable bonds is 3. The molecule has 0 bridgehead atoms. The van der Waals surface area contributed by atoms with Gasteiger partial charge in [-0.1, -0.05) is 6.07 Å². The van der Waals surface area contributed by atoms with Crippen molar-refractivity contribution in [3.8, 4) is 0 Å². The van der Waals surface area contributed by atoms with E-state index in [0.717, 1.165) is 10.9 Å². The number of nitrogens with one attached hydrogen (secondary N) is 1. The average molecular weight is 265 g/mol. The molecule has 3 rings (SSSR count). The molecule has 0 unspecified atom stereocenters. The summed E-state index contributed by atoms with van der Waals surface area (Å²) in [6.07, 6.45) is 4.70. The highest BCUT2D eigenvalue weighted by Gasteiger charge is 2.05. The second-order valence-electron chi connectivity index (χ2n) is 4.13. The van der Waals surface area contributed by atoms with Crippen molar-refractivity contribution in [1.82, 2.24) is 10.4 Å². The third-order valence-corrected chi connectivity index (χ3v) is 2.77. The highest BCUT2D eigenvalue weighted by Crippen LogP contribution is 2.13. The summed E-state index contributed by atoms with van der Waals surface area (Å²) in [5.41, 5.74) is 3.83. The van der Waals surface area contributed by atoms with Gasteiger partial charge in [0, 0.05) is 17.1 Å². The predicted octanol–water partition coefficient (Wildman–Crippen LogP) is 2.59. The van der Waals surface area contributed by atoms with Crippen molar-refractivity contribution in [2.75, 3.05) is 0 Å². The maximum absolute atomic E-state index is 11.9. The Balaban J connectivity index is 1.75. The molecule has 0 saturated heterocycles. The Morgan fingerprint density at radius 3 is 3.05 bits per heavy atom. The van der Waals surface area contributed by atoms with Crippen molar-refractivity contribution in [3.63, 3.8) is 0 Å². The number of hydrazone groups is 1. The van der Waals surface area contributed by atoms with Crippen molar-refractivity contribution in [2.45, 2.75) is 0 Å². The number of furan rings is 1. The van der Waals surface area contributed by atoms with Gasteiger partial charge < -0.3 is 4.42 Å². The van der Waals surface area contributed by atoms with Crippen LogP contribution in [-0.4, -0.2) is 17.1 Å². The summed E-state index contributed by atoms with van der Waals surface area (Å²) < 4.78 is 5.07. The molecule has 20 heavy (non-hydrogen) atoms. The SMILES string of the molecule is O=C(N/N=C\c1ccco1)c1ccc2ncccc2c1. The minimum atomic E-state index is -0.279. The molecule has 1 N–H and O–H groups in total. The minimum absolute atomic E-state index is 0.279. The first kappa shape index (κ1) is 12.1. The zero-order valence-corrected chi connectivity index (χ0v) is 10.5. The highest BCUT2D eigenvalue weighted by molar-refractivity contribution is 5.98. The molecule has 0 aliphatic rings. The number of carbonyl (C=O) groups is 1. The van der Waals surface area contributed by atoms with E-state index in [0.29, 0.717) is 11.3 Å². The number of benzene rings is 1. The molecule has 5 nitrogen and oxygen atoms in total. The van der Waals surface area contributed by atoms with Crippen molar-refractivity contribution >= 4 is 23.0 Å². The number of hydrogen-bond donors (Lipinski definition) is 1. The van der Waals surface area contributed by atoms with Crippen LogP contribution in [0.5, 0.6) is 0 Å². The molecule has 0 fully saturated rings. The topological polar surface area (TPSA) is 67.5 Å². The molecule has 0 aliphatic carbocycles. The number of pyridine rings is 1. The molecule has 2 aromatic heterocycles. The van der Waals surface area contributed by atoms with Gasteiger partial charge in [-0.2, -0.15) is 5.10 Å². The molecule has 0 saturated carbocycles. The van der Waals surface area contributed by atoms with Gasteiger partial charge in [-0.25, -0.2) is 5.43 Å². The van der Waals surface area contributed by atoms with Crippen LogP contribution in [0.2, 0.25) is 0 Å². The summed E-state index contributed by atoms with van der Waals surface area (Å²) in [5.74, 6) is 0.298. The lowest BCUT2D eigenvalue weighted by atomic mass is 10.1. The van der Waals surface area contributed by atoms with Crippen molar-refractivity contribution < 1.29 is 9.21 Å². The standard InChI is InChI=1S/C15H11N3O2/c19-15(18-17-10-13-4-2-8-20-13)12-5-6-14-11(9-12)3-1-7-16-14/h1-10H,(H,18,19)/b17-10-. The third kappa shape index (κ3) is 2.56. The Morgan fingerprint density at radius 2 is 2.20 bits per heavy atom. The Hall–Kier alpha value is -2.95. The van der Waals surface area contributed by atoms with Gasteiger partial charge in [0.1, 0.15) is 5.76 Å². The van der Waals surface area contributed by atoms with Crippen LogP contribution in [0.1, 0.15) is 16.1 Å². The van der Waals surface area contributed by atoms with Gasteiger partial charge in [-0.3, -0.25) is 9.78 Å². The number of aromatic nitrogens is 1. The molecule has 98 valence electrons. The van der Waals surface area contributed by atoms with Crippen LogP contribution in [0.25, 0.3) is 10.9 Å². The van der Waals surface area contributed by atoms with Gasteiger partial charge in [0.15, 0.2) is 0 Å². The van der Waals surface area contributed by atoms with Gasteiger partial charge in [0.25, 0.3) is 5.91 Å². The molecule has 1 aromatic carbocycles. The lowest BCUT2D eigenvalue weighted by molar-refractivity contribution is 0.0955. The largest absolute Gasteiger partial charge is 0.463 e. The maximum atomic E-state index is 11.9. The third-order valence-electron chi connectivity index (χ3n) is 2.77. The lowest BCUT2D eigenvalue weighted by Crippen LogP contribution is -2.17. The van der Waals surface area contributed by atoms with E-state index in [4.69, 9.17) is 4.42 Å². The number of nitrogens with zero attached hydrogens (tertiary/aromatic N) is 2. The van der Waals surface area contributed by atoms with E-state index in [1.54, 1.807) is 42.8 Å². The number of carbonyl (C=O) groups excluding carboxylic acids is 1. The normalized spacial score (nSPS) is 11.0. The van der Waals surface area contributed by atoms with E-state index < -0.39 is 0 Å². The van der Waals surface area contributed by atoms with E-state index in [2.05, 4.69) is 15.5 Å². The fourth-order valence-electron chi connectivity index (χ4n) is 1.80. The van der Waals surface area contributed by atoms with Crippen LogP contribution in [-0.2, 0) is 0 Å². The van der Waals surface area contributed by atoms with E-state index in [-0.39, 0.29) is 5.91 Å². The van der Waals surface area contributed by atoms with Crippen molar-refractivity contribution in [1.29, 1.82) is 0 Å². The van der Waals surface area contributed by atoms with Crippen molar-refractivity contribution in [3.05, 3.63) is 66.2 Å². The second-order valence-corrected chi connectivity index (χ2v) is 4.13. The Labute approximate surface area is 114 Å². The number of amides is 1.